The minimum atomic E-state index is -0.250. The van der Waals surface area contributed by atoms with E-state index in [4.69, 9.17) is 26.2 Å². The Balaban J connectivity index is 0.00000123. The van der Waals surface area contributed by atoms with Crippen molar-refractivity contribution in [3.8, 4) is 17.0 Å². The van der Waals surface area contributed by atoms with E-state index in [1.807, 2.05) is 87.8 Å². The van der Waals surface area contributed by atoms with Gasteiger partial charge in [0.15, 0.2) is 0 Å². The Bertz CT molecular complexity index is 1820. The van der Waals surface area contributed by atoms with Crippen LogP contribution < -0.4 is 10.4 Å². The van der Waals surface area contributed by atoms with Gasteiger partial charge in [0.25, 0.3) is 6.47 Å². The molecule has 44 heavy (non-hydrogen) atoms. The maximum absolute atomic E-state index is 13.6. The predicted octanol–water partition coefficient (Wildman–Crippen LogP) is 3.90. The second-order valence-corrected chi connectivity index (χ2v) is 11.1. The Labute approximate surface area is 258 Å². The van der Waals surface area contributed by atoms with Gasteiger partial charge in [-0.15, -0.1) is 0 Å². The molecule has 13 heteroatoms. The zero-order valence-electron chi connectivity index (χ0n) is 24.5. The number of imidazole rings is 1. The number of H-pyrrole nitrogens is 1. The molecule has 230 valence electrons. The van der Waals surface area contributed by atoms with Gasteiger partial charge >= 0.3 is 5.69 Å². The van der Waals surface area contributed by atoms with Crippen LogP contribution >= 0.6 is 11.6 Å². The monoisotopic (exact) mass is 619 g/mol. The number of piperidine rings is 1. The van der Waals surface area contributed by atoms with Crippen molar-refractivity contribution >= 4 is 46.0 Å². The Kier molecular flexibility index (Phi) is 9.61. The molecule has 2 aromatic carbocycles. The molecule has 0 atom stereocenters. The number of nitrogens with one attached hydrogen (secondary N) is 1. The van der Waals surface area contributed by atoms with Crippen molar-refractivity contribution in [3.63, 3.8) is 0 Å². The first kappa shape index (κ1) is 30.8. The summed E-state index contributed by atoms with van der Waals surface area (Å²) in [5.41, 5.74) is 3.88. The highest BCUT2D eigenvalue weighted by Gasteiger charge is 2.27. The Morgan fingerprint density at radius 3 is 2.55 bits per heavy atom. The highest BCUT2D eigenvalue weighted by molar-refractivity contribution is 6.33. The number of hydrogen-bond acceptors (Lipinski definition) is 7. The Morgan fingerprint density at radius 2 is 1.82 bits per heavy atom. The van der Waals surface area contributed by atoms with Gasteiger partial charge in [0.1, 0.15) is 25.1 Å². The number of ether oxygens (including phenoxy) is 1. The van der Waals surface area contributed by atoms with Crippen molar-refractivity contribution in [1.29, 1.82) is 0 Å². The molecule has 0 bridgehead atoms. The minimum Gasteiger partial charge on any atom is -0.483 e. The maximum atomic E-state index is 13.6. The lowest BCUT2D eigenvalue weighted by Crippen LogP contribution is -2.41. The first-order valence-electron chi connectivity index (χ1n) is 14.2. The number of para-hydroxylation sites is 2. The number of likely N-dealkylation sites (tertiary alicyclic amines) is 1. The van der Waals surface area contributed by atoms with Gasteiger partial charge in [-0.2, -0.15) is 0 Å². The van der Waals surface area contributed by atoms with E-state index in [9.17, 15) is 9.59 Å². The fraction of sp³-hybridized carbons (Fsp3) is 0.323. The largest absolute Gasteiger partial charge is 0.483 e. The van der Waals surface area contributed by atoms with Gasteiger partial charge in [-0.25, -0.2) is 14.8 Å². The number of rotatable bonds is 8. The number of carbonyl (C=O) groups is 2. The number of fused-ring (bicyclic) bond motifs is 2. The fourth-order valence-corrected chi connectivity index (χ4v) is 5.83. The Hall–Kier alpha value is -4.68. The third-order valence-corrected chi connectivity index (χ3v) is 8.00. The molecule has 0 spiro atoms. The number of nitrogens with zero attached hydrogens (tertiary/aromatic N) is 6. The van der Waals surface area contributed by atoms with Gasteiger partial charge in [-0.3, -0.25) is 14.2 Å². The number of aromatic nitrogens is 5. The molecule has 1 amide bonds. The van der Waals surface area contributed by atoms with Gasteiger partial charge in [0, 0.05) is 48.0 Å². The standard InChI is InChI=1S/C30H32ClN7O3.CH2O2/c1-35(2)15-16-41-29-27-22(21-7-3-4-8-23(21)31)17-37(28(27)32-19-33-29)18-26(39)36-13-11-20(12-14-36)38-25-10-6-5-9-24(25)34-30(38)40;2-1-3/h3-10,17,19-20H,11-16,18H2,1-2H3,(H,34,40);1H,(H,2,3). The van der Waals surface area contributed by atoms with Crippen LogP contribution in [0.25, 0.3) is 33.2 Å². The van der Waals surface area contributed by atoms with Crippen molar-refractivity contribution in [2.24, 2.45) is 0 Å². The molecule has 3 aromatic heterocycles. The molecule has 0 saturated carbocycles. The molecule has 1 saturated heterocycles. The van der Waals surface area contributed by atoms with Crippen LogP contribution in [0.4, 0.5) is 0 Å². The lowest BCUT2D eigenvalue weighted by molar-refractivity contribution is -0.133. The number of carbonyl (C=O) groups excluding carboxylic acids is 1. The van der Waals surface area contributed by atoms with Crippen LogP contribution in [0, 0.1) is 0 Å². The molecular formula is C31H34ClN7O5. The lowest BCUT2D eigenvalue weighted by atomic mass is 10.0. The topological polar surface area (TPSA) is 139 Å². The molecule has 1 aliphatic rings. The summed E-state index contributed by atoms with van der Waals surface area (Å²) < 4.78 is 9.77. The smallest absolute Gasteiger partial charge is 0.326 e. The van der Waals surface area contributed by atoms with E-state index in [2.05, 4.69) is 15.0 Å². The molecular weight excluding hydrogens is 586 g/mol. The van der Waals surface area contributed by atoms with E-state index in [1.54, 1.807) is 0 Å². The molecule has 12 nitrogen and oxygen atoms in total. The van der Waals surface area contributed by atoms with Crippen LogP contribution in [0.1, 0.15) is 18.9 Å². The SMILES string of the molecule is CN(C)CCOc1ncnc2c1c(-c1ccccc1Cl)cn2CC(=O)N1CCC(n2c(=O)[nH]c3ccccc32)CC1.O=CO. The van der Waals surface area contributed by atoms with Crippen LogP contribution in [-0.2, 0) is 16.1 Å². The molecule has 6 rings (SSSR count). The second-order valence-electron chi connectivity index (χ2n) is 10.7. The van der Waals surface area contributed by atoms with Crippen LogP contribution in [-0.4, -0.2) is 91.7 Å². The van der Waals surface area contributed by atoms with Crippen LogP contribution in [0.5, 0.6) is 5.88 Å². The highest BCUT2D eigenvalue weighted by atomic mass is 35.5. The molecule has 0 aliphatic carbocycles. The summed E-state index contributed by atoms with van der Waals surface area (Å²) in [6, 6.07) is 15.3. The number of aromatic amines is 1. The molecule has 1 fully saturated rings. The van der Waals surface area contributed by atoms with E-state index in [1.165, 1.54) is 6.33 Å². The zero-order chi connectivity index (χ0) is 31.2. The average molecular weight is 620 g/mol. The maximum Gasteiger partial charge on any atom is 0.326 e. The van der Waals surface area contributed by atoms with E-state index in [0.717, 1.165) is 34.1 Å². The summed E-state index contributed by atoms with van der Waals surface area (Å²) in [7, 11) is 3.97. The first-order chi connectivity index (χ1) is 21.3. The number of likely N-dealkylation sites (N-methyl/N-ethyl adjacent to an activating group) is 1. The quantitative estimate of drug-likeness (QED) is 0.249. The third-order valence-electron chi connectivity index (χ3n) is 7.67. The normalized spacial score (nSPS) is 13.7. The summed E-state index contributed by atoms with van der Waals surface area (Å²) in [6.45, 7) is 2.19. The first-order valence-corrected chi connectivity index (χ1v) is 14.6. The van der Waals surface area contributed by atoms with Gasteiger partial charge in [0.2, 0.25) is 11.8 Å². The van der Waals surface area contributed by atoms with Gasteiger partial charge in [-0.05, 0) is 45.1 Å². The van der Waals surface area contributed by atoms with E-state index in [0.29, 0.717) is 49.1 Å². The van der Waals surface area contributed by atoms with Crippen molar-refractivity contribution in [2.75, 3.05) is 40.3 Å². The van der Waals surface area contributed by atoms with Crippen molar-refractivity contribution in [3.05, 3.63) is 76.6 Å². The molecule has 0 radical (unpaired) electrons. The number of carboxylic acid groups (broad SMARTS) is 1. The van der Waals surface area contributed by atoms with Crippen molar-refractivity contribution in [2.45, 2.75) is 25.4 Å². The van der Waals surface area contributed by atoms with Crippen LogP contribution in [0.2, 0.25) is 5.02 Å². The van der Waals surface area contributed by atoms with Crippen LogP contribution in [0.3, 0.4) is 0 Å². The molecule has 0 unspecified atom stereocenters. The summed E-state index contributed by atoms with van der Waals surface area (Å²) >= 11 is 6.60. The lowest BCUT2D eigenvalue weighted by Gasteiger charge is -2.32. The summed E-state index contributed by atoms with van der Waals surface area (Å²) in [6.07, 6.45) is 4.79. The predicted molar refractivity (Wildman–Crippen MR) is 168 cm³/mol. The van der Waals surface area contributed by atoms with Crippen molar-refractivity contribution < 1.29 is 19.4 Å². The number of halogens is 1. The van der Waals surface area contributed by atoms with E-state index < -0.39 is 0 Å². The number of benzene rings is 2. The van der Waals surface area contributed by atoms with E-state index in [-0.39, 0.29) is 30.7 Å². The third kappa shape index (κ3) is 6.46. The molecule has 5 aromatic rings. The van der Waals surface area contributed by atoms with Gasteiger partial charge < -0.3 is 29.2 Å². The molecule has 4 heterocycles. The minimum absolute atomic E-state index is 0.00831. The molecule has 1 aliphatic heterocycles. The summed E-state index contributed by atoms with van der Waals surface area (Å²) in [5, 5.41) is 8.21. The fourth-order valence-electron chi connectivity index (χ4n) is 5.59. The molecule has 2 N–H and O–H groups in total. The van der Waals surface area contributed by atoms with Crippen LogP contribution in [0.15, 0.2) is 65.8 Å². The van der Waals surface area contributed by atoms with Gasteiger partial charge in [-0.1, -0.05) is 41.9 Å². The Morgan fingerprint density at radius 1 is 1.11 bits per heavy atom. The van der Waals surface area contributed by atoms with E-state index >= 15 is 0 Å². The number of amides is 1. The highest BCUT2D eigenvalue weighted by Crippen LogP contribution is 2.38. The number of hydrogen-bond donors (Lipinski definition) is 2. The summed E-state index contributed by atoms with van der Waals surface area (Å²) in [5.74, 6) is 0.453. The zero-order valence-corrected chi connectivity index (χ0v) is 25.3. The van der Waals surface area contributed by atoms with Gasteiger partial charge in [0.05, 0.1) is 16.4 Å². The second kappa shape index (κ2) is 13.7. The summed E-state index contributed by atoms with van der Waals surface area (Å²) in [4.78, 5) is 50.4. The van der Waals surface area contributed by atoms with Crippen molar-refractivity contribution in [1.82, 2.24) is 33.9 Å². The average Bonchev–Trinajstić information content (AvgIpc) is 3.55.